The molecule has 3 aromatic carbocycles. The summed E-state index contributed by atoms with van der Waals surface area (Å²) in [6, 6.07) is 29.4. The van der Waals surface area contributed by atoms with E-state index in [0.29, 0.717) is 5.92 Å². The lowest BCUT2D eigenvalue weighted by atomic mass is 9.40. The zero-order valence-corrected chi connectivity index (χ0v) is 32.4. The molecule has 5 heterocycles. The molecule has 2 aliphatic rings. The molecule has 0 saturated heterocycles. The van der Waals surface area contributed by atoms with Crippen molar-refractivity contribution in [2.24, 2.45) is 11.3 Å². The van der Waals surface area contributed by atoms with Crippen molar-refractivity contribution < 1.29 is 9.13 Å². The minimum Gasteiger partial charge on any atom is -0.229 e. The van der Waals surface area contributed by atoms with Gasteiger partial charge in [0.05, 0.1) is 29.7 Å². The van der Waals surface area contributed by atoms with Crippen LogP contribution >= 0.6 is 0 Å². The highest BCUT2D eigenvalue weighted by molar-refractivity contribution is 6.83. The summed E-state index contributed by atoms with van der Waals surface area (Å²) in [7, 11) is 0. The van der Waals surface area contributed by atoms with Gasteiger partial charge in [-0.3, -0.25) is 0 Å². The van der Waals surface area contributed by atoms with E-state index in [1.165, 1.54) is 80.3 Å². The van der Waals surface area contributed by atoms with E-state index in [1.807, 2.05) is 0 Å². The molecule has 0 fully saturated rings. The molecular weight excluding hydrogens is 631 g/mol. The van der Waals surface area contributed by atoms with Crippen LogP contribution in [0, 0.1) is 25.2 Å². The maximum Gasteiger partial charge on any atom is 0.294 e. The zero-order valence-electron chi connectivity index (χ0n) is 32.4. The quantitative estimate of drug-likeness (QED) is 0.0607. The summed E-state index contributed by atoms with van der Waals surface area (Å²) in [5.74, 6) is 6.70. The smallest absolute Gasteiger partial charge is 0.229 e. The predicted octanol–water partition coefficient (Wildman–Crippen LogP) is 9.74. The van der Waals surface area contributed by atoms with Crippen molar-refractivity contribution in [1.82, 2.24) is 4.40 Å². The lowest BCUT2D eigenvalue weighted by Gasteiger charge is -2.55. The van der Waals surface area contributed by atoms with Gasteiger partial charge in [0.15, 0.2) is 0 Å². The fraction of sp³-hybridized carbons (Fsp3) is 0.362. The molecule has 3 unspecified atom stereocenters. The lowest BCUT2D eigenvalue weighted by molar-refractivity contribution is -0.774. The van der Waals surface area contributed by atoms with Gasteiger partial charge >= 0.3 is 0 Å². The van der Waals surface area contributed by atoms with E-state index in [-0.39, 0.29) is 17.7 Å². The van der Waals surface area contributed by atoms with Gasteiger partial charge in [0.2, 0.25) is 6.71 Å². The van der Waals surface area contributed by atoms with Crippen molar-refractivity contribution >= 4 is 45.3 Å². The van der Waals surface area contributed by atoms with E-state index >= 15 is 0 Å². The number of imidazole rings is 1. The Morgan fingerprint density at radius 2 is 1.58 bits per heavy atom. The molecule has 0 radical (unpaired) electrons. The molecule has 0 saturated carbocycles. The van der Waals surface area contributed by atoms with E-state index in [9.17, 15) is 0 Å². The standard InChI is InChI=1S/C47H55BN4/c1-8-11-12-21-37-22-17-20-35(5)44(37)48-27-29-51-41(32-48)47(10-3,46(7,9-2)52-28-16-15-26-42(51)52)36(6)33-49-30-31-50-40-25-14-13-23-38(40)39-24-18-19-34(4)43(39)45(49)50/h13-20,22-32,36H,8-12,21,33H2,1-7H3/q+2. The number of hydrogen-bond donors (Lipinski definition) is 0. The molecule has 0 amide bonds. The number of hydrogen-bond acceptors (Lipinski definition) is 1. The summed E-state index contributed by atoms with van der Waals surface area (Å²) < 4.78 is 7.61. The molecule has 8 rings (SSSR count). The van der Waals surface area contributed by atoms with Crippen LogP contribution in [0.5, 0.6) is 0 Å². The first-order valence-electron chi connectivity index (χ1n) is 19.9. The monoisotopic (exact) mass is 686 g/mol. The molecule has 0 bridgehead atoms. The van der Waals surface area contributed by atoms with Crippen LogP contribution in [-0.4, -0.2) is 11.1 Å². The van der Waals surface area contributed by atoms with E-state index in [4.69, 9.17) is 0 Å². The number of nitrogens with zero attached hydrogens (tertiary/aromatic N) is 4. The SMILES string of the molecule is CCCCCc1cccc(C)c1B1C=CN2C(=C1)C(CC)(C(C)C[n+]1ccn3c4ccccc4c4cccc(C)c4c31)C(C)(CC)[n+]1ccccc12. The van der Waals surface area contributed by atoms with E-state index in [0.717, 1.165) is 25.8 Å². The van der Waals surface area contributed by atoms with Crippen LogP contribution in [0.25, 0.3) is 27.3 Å². The highest BCUT2D eigenvalue weighted by Gasteiger charge is 2.64. The van der Waals surface area contributed by atoms with E-state index in [1.54, 1.807) is 0 Å². The van der Waals surface area contributed by atoms with Gasteiger partial charge < -0.3 is 0 Å². The number of aromatic nitrogens is 3. The second-order valence-electron chi connectivity index (χ2n) is 15.8. The second kappa shape index (κ2) is 13.4. The van der Waals surface area contributed by atoms with Crippen LogP contribution in [0.4, 0.5) is 5.82 Å². The second-order valence-corrected chi connectivity index (χ2v) is 15.8. The number of para-hydroxylation sites is 1. The molecule has 4 nitrogen and oxygen atoms in total. The molecule has 2 aliphatic heterocycles. The van der Waals surface area contributed by atoms with Crippen molar-refractivity contribution in [2.75, 3.05) is 4.90 Å². The summed E-state index contributed by atoms with van der Waals surface area (Å²) in [6.45, 7) is 18.0. The molecular formula is C47H55BN4+2. The fourth-order valence-corrected chi connectivity index (χ4v) is 10.6. The van der Waals surface area contributed by atoms with Gasteiger partial charge in [-0.15, -0.1) is 0 Å². The minimum absolute atomic E-state index is 0.147. The minimum atomic E-state index is -0.155. The van der Waals surface area contributed by atoms with Gasteiger partial charge in [-0.1, -0.05) is 130 Å². The van der Waals surface area contributed by atoms with Gasteiger partial charge in [0, 0.05) is 22.8 Å². The van der Waals surface area contributed by atoms with Crippen LogP contribution in [0.2, 0.25) is 0 Å². The number of fused-ring (bicyclic) bond motifs is 9. The highest BCUT2D eigenvalue weighted by Crippen LogP contribution is 2.56. The summed E-state index contributed by atoms with van der Waals surface area (Å²) in [4.78, 5) is 2.54. The summed E-state index contributed by atoms with van der Waals surface area (Å²) in [5.41, 5.74) is 9.45. The van der Waals surface area contributed by atoms with Gasteiger partial charge in [-0.2, -0.15) is 4.40 Å². The Morgan fingerprint density at radius 3 is 2.38 bits per heavy atom. The summed E-state index contributed by atoms with van der Waals surface area (Å²) in [5, 5.41) is 3.98. The molecule has 3 aromatic heterocycles. The third kappa shape index (κ3) is 5.02. The Labute approximate surface area is 311 Å². The molecule has 0 spiro atoms. The summed E-state index contributed by atoms with van der Waals surface area (Å²) in [6.07, 6.45) is 16.4. The maximum atomic E-state index is 2.67. The van der Waals surface area contributed by atoms with E-state index in [2.05, 4.69) is 183 Å². The number of rotatable bonds is 10. The first kappa shape index (κ1) is 34.5. The Bertz CT molecular complexity index is 2370. The first-order valence-corrected chi connectivity index (χ1v) is 19.9. The average Bonchev–Trinajstić information content (AvgIpc) is 3.58. The maximum absolute atomic E-state index is 2.67. The third-order valence-corrected chi connectivity index (χ3v) is 13.3. The number of unbranched alkanes of at least 4 members (excludes halogenated alkanes) is 2. The lowest BCUT2D eigenvalue weighted by Crippen LogP contribution is -2.72. The van der Waals surface area contributed by atoms with E-state index < -0.39 is 0 Å². The Kier molecular flexibility index (Phi) is 8.88. The highest BCUT2D eigenvalue weighted by atomic mass is 15.3. The Morgan fingerprint density at radius 1 is 0.808 bits per heavy atom. The van der Waals surface area contributed by atoms with Crippen molar-refractivity contribution in [3.8, 4) is 0 Å². The molecule has 264 valence electrons. The van der Waals surface area contributed by atoms with Crippen molar-refractivity contribution in [3.05, 3.63) is 138 Å². The third-order valence-electron chi connectivity index (χ3n) is 13.3. The fourth-order valence-electron chi connectivity index (χ4n) is 10.6. The van der Waals surface area contributed by atoms with Crippen molar-refractivity contribution in [1.29, 1.82) is 0 Å². The average molecular weight is 687 g/mol. The molecule has 6 aromatic rings. The van der Waals surface area contributed by atoms with Gasteiger partial charge in [0.1, 0.15) is 29.1 Å². The molecule has 0 N–H and O–H groups in total. The molecule has 3 atom stereocenters. The molecule has 52 heavy (non-hydrogen) atoms. The Hall–Kier alpha value is -4.64. The normalized spacial score (nSPS) is 20.4. The zero-order chi connectivity index (χ0) is 36.2. The van der Waals surface area contributed by atoms with Crippen LogP contribution in [0.15, 0.2) is 121 Å². The van der Waals surface area contributed by atoms with Crippen LogP contribution < -0.4 is 19.5 Å². The first-order chi connectivity index (χ1) is 25.3. The topological polar surface area (TPSA) is 15.4 Å². The van der Waals surface area contributed by atoms with Gasteiger partial charge in [0.25, 0.3) is 11.5 Å². The van der Waals surface area contributed by atoms with Crippen molar-refractivity contribution in [2.45, 2.75) is 99.1 Å². The molecule has 5 heteroatoms. The Balaban J connectivity index is 1.33. The van der Waals surface area contributed by atoms with Gasteiger partial charge in [-0.25, -0.2) is 14.0 Å². The number of aryl methyl sites for hydroxylation is 3. The predicted molar refractivity (Wildman–Crippen MR) is 219 cm³/mol. The number of pyridine rings is 2. The largest absolute Gasteiger partial charge is 0.294 e. The van der Waals surface area contributed by atoms with Crippen LogP contribution in [-0.2, 0) is 18.5 Å². The number of anilines is 1. The summed E-state index contributed by atoms with van der Waals surface area (Å²) >= 11 is 0. The van der Waals surface area contributed by atoms with Gasteiger partial charge in [-0.05, 0) is 64.2 Å². The van der Waals surface area contributed by atoms with Crippen molar-refractivity contribution in [3.63, 3.8) is 0 Å². The number of allylic oxidation sites excluding steroid dienone is 1. The van der Waals surface area contributed by atoms with Crippen LogP contribution in [0.1, 0.15) is 83.4 Å². The van der Waals surface area contributed by atoms with Crippen LogP contribution in [0.3, 0.4) is 0 Å². The molecule has 0 aliphatic carbocycles. The number of benzene rings is 3.